The fraction of sp³-hybridized carbons (Fsp3) is 0.0513. The number of nitrogens with zero attached hydrogens (tertiary/aromatic N) is 2. The fourth-order valence-electron chi connectivity index (χ4n) is 5.49. The standard InChI is InChI=1S/C39H31N7O9S.2Na/c1-20-15-22(3-12-31(20)40)38(50)42-27-9-11-29-24(17-27)18-34(56(53,54)55)35(36(29)48)46-45-32-13-4-23(16-21(32)2)37(49)41-25-5-7-26(8-6-25)43-44-28-10-14-33(47)30(19-28)39(51)52;;/h3-19,43,45H,40H2,1-2H3,(H,41,49)(H,42,50)(H,51,52)(H,53,54,55);;/q;2*+1/p-2. The summed E-state index contributed by atoms with van der Waals surface area (Å²) in [6.45, 7) is 3.39. The van der Waals surface area contributed by atoms with Gasteiger partial charge in [0.05, 0.1) is 28.0 Å². The number of allylic oxidation sites excluding steroid dienone is 4. The molecule has 0 aliphatic heterocycles. The van der Waals surface area contributed by atoms with E-state index in [1.807, 2.05) is 0 Å². The smallest absolute Gasteiger partial charge is 0.744 e. The SMILES string of the molecule is Cc1cc(C(=O)Nc2ccc3c(c2)C=C(S(=O)(=O)[O-])C(=NNc2ccc(C(=O)Nc4ccc(NN=C5C=CC(=O)C(C(=O)[O-])=C5)cc4)cc2C)C3=O)ccc1N.[Na+].[Na+]. The van der Waals surface area contributed by atoms with E-state index in [2.05, 4.69) is 31.7 Å². The number of Topliss-reactive ketones (excluding diaryl/α,β-unsaturated/α-hetero) is 1. The maximum Gasteiger partial charge on any atom is 1.00 e. The largest absolute Gasteiger partial charge is 1.00 e. The van der Waals surface area contributed by atoms with Gasteiger partial charge in [0.15, 0.2) is 5.78 Å². The summed E-state index contributed by atoms with van der Waals surface area (Å²) in [6, 6.07) is 19.8. The van der Waals surface area contributed by atoms with E-state index in [1.54, 1.807) is 56.3 Å². The van der Waals surface area contributed by atoms with Gasteiger partial charge in [-0.25, -0.2) is 8.42 Å². The van der Waals surface area contributed by atoms with Gasteiger partial charge in [0.25, 0.3) is 11.8 Å². The van der Waals surface area contributed by atoms with Crippen LogP contribution in [0.4, 0.5) is 28.4 Å². The maximum atomic E-state index is 13.5. The number of carboxylic acid groups (broad SMARTS) is 1. The molecule has 0 heterocycles. The Hall–Kier alpha value is -5.50. The minimum absolute atomic E-state index is 0. The van der Waals surface area contributed by atoms with Gasteiger partial charge in [-0.1, -0.05) is 0 Å². The molecule has 0 unspecified atom stereocenters. The van der Waals surface area contributed by atoms with E-state index in [4.69, 9.17) is 5.73 Å². The molecule has 58 heavy (non-hydrogen) atoms. The van der Waals surface area contributed by atoms with Crippen molar-refractivity contribution in [2.75, 3.05) is 27.2 Å². The van der Waals surface area contributed by atoms with Crippen molar-refractivity contribution in [3.63, 3.8) is 0 Å². The summed E-state index contributed by atoms with van der Waals surface area (Å²) in [7, 11) is -5.20. The molecule has 0 atom stereocenters. The van der Waals surface area contributed by atoms with Crippen molar-refractivity contribution < 1.29 is 101 Å². The Morgan fingerprint density at radius 1 is 0.707 bits per heavy atom. The summed E-state index contributed by atoms with van der Waals surface area (Å²) in [5, 5.41) is 24.6. The predicted octanol–water partition coefficient (Wildman–Crippen LogP) is -2.47. The Labute approximate surface area is 375 Å². The molecule has 4 aromatic carbocycles. The molecule has 16 nitrogen and oxygen atoms in total. The first-order valence-corrected chi connectivity index (χ1v) is 17.9. The van der Waals surface area contributed by atoms with Crippen LogP contribution >= 0.6 is 0 Å². The quantitative estimate of drug-likeness (QED) is 0.0279. The van der Waals surface area contributed by atoms with E-state index in [0.717, 1.165) is 18.2 Å². The molecular weight excluding hydrogens is 789 g/mol. The third kappa shape index (κ3) is 10.5. The number of hydrazone groups is 2. The van der Waals surface area contributed by atoms with Crippen molar-refractivity contribution in [2.24, 2.45) is 10.2 Å². The monoisotopic (exact) mass is 817 g/mol. The molecule has 6 N–H and O–H groups in total. The zero-order valence-electron chi connectivity index (χ0n) is 31.4. The number of nitrogens with one attached hydrogen (secondary N) is 4. The number of hydrogen-bond acceptors (Lipinski definition) is 14. The number of benzene rings is 4. The van der Waals surface area contributed by atoms with Crippen molar-refractivity contribution in [1.29, 1.82) is 0 Å². The Morgan fingerprint density at radius 3 is 1.93 bits per heavy atom. The van der Waals surface area contributed by atoms with Crippen LogP contribution in [0.15, 0.2) is 118 Å². The van der Waals surface area contributed by atoms with E-state index >= 15 is 0 Å². The van der Waals surface area contributed by atoms with Crippen LogP contribution in [0.2, 0.25) is 0 Å². The summed E-state index contributed by atoms with van der Waals surface area (Å²) < 4.78 is 36.9. The Balaban J connectivity index is 0.00000372. The van der Waals surface area contributed by atoms with Gasteiger partial charge in [0.2, 0.25) is 5.78 Å². The number of nitrogen functional groups attached to an aromatic ring is 1. The number of nitrogens with two attached hydrogens (primary N) is 1. The molecule has 6 rings (SSSR count). The summed E-state index contributed by atoms with van der Waals surface area (Å²) >= 11 is 0. The number of carbonyl (C=O) groups is 5. The molecule has 0 spiro atoms. The maximum absolute atomic E-state index is 13.5. The zero-order chi connectivity index (χ0) is 40.3. The third-order valence-corrected chi connectivity index (χ3v) is 9.36. The molecule has 0 aromatic heterocycles. The number of rotatable bonds is 10. The number of carboxylic acids is 1. The fourth-order valence-corrected chi connectivity index (χ4v) is 6.13. The first-order chi connectivity index (χ1) is 26.6. The topological polar surface area (TPSA) is 264 Å². The molecule has 282 valence electrons. The second-order valence-electron chi connectivity index (χ2n) is 12.4. The Bertz CT molecular complexity index is 2660. The summed E-state index contributed by atoms with van der Waals surface area (Å²) in [5.74, 6) is -4.09. The van der Waals surface area contributed by atoms with Gasteiger partial charge in [-0.05, 0) is 134 Å². The van der Waals surface area contributed by atoms with E-state index in [9.17, 15) is 42.0 Å². The predicted molar refractivity (Wildman–Crippen MR) is 207 cm³/mol. The minimum atomic E-state index is -5.20. The third-order valence-electron chi connectivity index (χ3n) is 8.51. The van der Waals surface area contributed by atoms with Crippen LogP contribution in [0.3, 0.4) is 0 Å². The van der Waals surface area contributed by atoms with Crippen molar-refractivity contribution in [1.82, 2.24) is 0 Å². The number of ketones is 2. The molecule has 19 heteroatoms. The van der Waals surface area contributed by atoms with E-state index in [0.29, 0.717) is 39.4 Å². The van der Waals surface area contributed by atoms with Crippen LogP contribution in [0, 0.1) is 13.8 Å². The van der Waals surface area contributed by atoms with Crippen LogP contribution in [0.5, 0.6) is 0 Å². The summed E-state index contributed by atoms with van der Waals surface area (Å²) in [5.41, 5.74) is 14.1. The number of anilines is 5. The molecule has 2 aliphatic carbocycles. The van der Waals surface area contributed by atoms with Gasteiger partial charge in [-0.15, -0.1) is 0 Å². The molecule has 0 fully saturated rings. The van der Waals surface area contributed by atoms with Crippen LogP contribution in [-0.2, 0) is 19.7 Å². The number of hydrogen-bond donors (Lipinski definition) is 5. The number of fused-ring (bicyclic) bond motifs is 1. The average Bonchev–Trinajstić information content (AvgIpc) is 3.15. The van der Waals surface area contributed by atoms with Gasteiger partial charge in [-0.2, -0.15) is 10.2 Å². The summed E-state index contributed by atoms with van der Waals surface area (Å²) in [4.78, 5) is 61.2. The van der Waals surface area contributed by atoms with E-state index < -0.39 is 55.7 Å². The number of aryl methyl sites for hydroxylation is 2. The van der Waals surface area contributed by atoms with Crippen molar-refractivity contribution in [2.45, 2.75) is 13.8 Å². The van der Waals surface area contributed by atoms with Crippen molar-refractivity contribution in [3.8, 4) is 0 Å². The number of carbonyl (C=O) groups excluding carboxylic acids is 5. The molecular formula is C39H29N7Na2O9S. The Kier molecular flexibility index (Phi) is 14.7. The van der Waals surface area contributed by atoms with Gasteiger partial charge >= 0.3 is 59.1 Å². The molecule has 2 aliphatic rings. The first kappa shape index (κ1) is 45.2. The van der Waals surface area contributed by atoms with Gasteiger partial charge in [0.1, 0.15) is 15.8 Å². The van der Waals surface area contributed by atoms with Crippen LogP contribution in [-0.4, -0.2) is 53.7 Å². The molecule has 0 radical (unpaired) electrons. The van der Waals surface area contributed by atoms with Crippen molar-refractivity contribution in [3.05, 3.63) is 141 Å². The van der Waals surface area contributed by atoms with Crippen LogP contribution in [0.25, 0.3) is 6.08 Å². The van der Waals surface area contributed by atoms with E-state index in [-0.39, 0.29) is 87.2 Å². The molecule has 4 aromatic rings. The second kappa shape index (κ2) is 18.8. The minimum Gasteiger partial charge on any atom is -0.744 e. The molecule has 0 saturated carbocycles. The van der Waals surface area contributed by atoms with Gasteiger partial charge in [-0.3, -0.25) is 30.0 Å². The van der Waals surface area contributed by atoms with Crippen molar-refractivity contribution >= 4 is 85.4 Å². The van der Waals surface area contributed by atoms with E-state index in [1.165, 1.54) is 42.5 Å². The molecule has 2 amide bonds. The van der Waals surface area contributed by atoms with Gasteiger partial charge in [0, 0.05) is 39.3 Å². The van der Waals surface area contributed by atoms with Gasteiger partial charge < -0.3 is 30.8 Å². The summed E-state index contributed by atoms with van der Waals surface area (Å²) in [6.07, 6.45) is 4.51. The molecule has 0 bridgehead atoms. The number of amides is 2. The Morgan fingerprint density at radius 2 is 1.31 bits per heavy atom. The van der Waals surface area contributed by atoms with Crippen LogP contribution in [0.1, 0.15) is 47.8 Å². The molecule has 0 saturated heterocycles. The zero-order valence-corrected chi connectivity index (χ0v) is 36.2. The normalized spacial score (nSPS) is 14.6. The van der Waals surface area contributed by atoms with Crippen LogP contribution < -0.4 is 91.4 Å². The first-order valence-electron chi connectivity index (χ1n) is 16.5. The second-order valence-corrected chi connectivity index (χ2v) is 13.8. The average molecular weight is 818 g/mol. The number of aliphatic carboxylic acids is 1.